The van der Waals surface area contributed by atoms with Gasteiger partial charge in [0.25, 0.3) is 12.3 Å². The van der Waals surface area contributed by atoms with Gasteiger partial charge in [-0.05, 0) is 37.1 Å². The normalized spacial score (nSPS) is 10.7. The lowest BCUT2D eigenvalue weighted by molar-refractivity contribution is -0.135. The van der Waals surface area contributed by atoms with E-state index in [9.17, 15) is 13.6 Å². The summed E-state index contributed by atoms with van der Waals surface area (Å²) in [6, 6.07) is 5.50. The highest BCUT2D eigenvalue weighted by Crippen LogP contribution is 2.16. The monoisotopic (exact) mass is 287 g/mol. The third-order valence-electron chi connectivity index (χ3n) is 2.64. The van der Waals surface area contributed by atoms with Crippen LogP contribution in [0.1, 0.15) is 11.1 Å². The number of halogens is 2. The number of hydrogen-bond acceptors (Lipinski definition) is 3. The molecule has 0 atom stereocenters. The zero-order chi connectivity index (χ0) is 15.1. The van der Waals surface area contributed by atoms with Crippen molar-refractivity contribution < 1.29 is 23.4 Å². The van der Waals surface area contributed by atoms with E-state index in [1.54, 1.807) is 12.1 Å². The van der Waals surface area contributed by atoms with E-state index in [0.717, 1.165) is 16.0 Å². The predicted molar refractivity (Wildman–Crippen MR) is 71.1 cm³/mol. The van der Waals surface area contributed by atoms with E-state index in [2.05, 4.69) is 0 Å². The molecule has 1 amide bonds. The van der Waals surface area contributed by atoms with Gasteiger partial charge in [-0.25, -0.2) is 8.78 Å². The first kappa shape index (κ1) is 16.4. The van der Waals surface area contributed by atoms with Crippen molar-refractivity contribution in [1.29, 1.82) is 0 Å². The molecule has 6 heteroatoms. The fraction of sp³-hybridized carbons (Fsp3) is 0.500. The molecule has 0 bridgehead atoms. The number of alkyl halides is 2. The maximum Gasteiger partial charge on any atom is 0.260 e. The molecule has 0 aliphatic rings. The highest BCUT2D eigenvalue weighted by molar-refractivity contribution is 5.77. The van der Waals surface area contributed by atoms with Crippen molar-refractivity contribution in [1.82, 2.24) is 4.90 Å². The van der Waals surface area contributed by atoms with Crippen LogP contribution in [-0.4, -0.2) is 48.6 Å². The third kappa shape index (κ3) is 5.52. The number of aliphatic hydroxyl groups is 1. The lowest BCUT2D eigenvalue weighted by atomic mass is 10.1. The molecule has 4 nitrogen and oxygen atoms in total. The molecule has 0 radical (unpaired) electrons. The average Bonchev–Trinajstić information content (AvgIpc) is 2.33. The SMILES string of the molecule is Cc1cc(C)cc(OCC(=O)N(CCO)CC(F)F)c1. The Bertz CT molecular complexity index is 432. The molecule has 0 unspecified atom stereocenters. The zero-order valence-electron chi connectivity index (χ0n) is 11.6. The minimum atomic E-state index is -2.63. The first-order valence-corrected chi connectivity index (χ1v) is 6.30. The lowest BCUT2D eigenvalue weighted by Crippen LogP contribution is -2.40. The highest BCUT2D eigenvalue weighted by Gasteiger charge is 2.18. The number of amides is 1. The van der Waals surface area contributed by atoms with Crippen molar-refractivity contribution in [2.24, 2.45) is 0 Å². The average molecular weight is 287 g/mol. The molecule has 1 aromatic carbocycles. The van der Waals surface area contributed by atoms with Crippen molar-refractivity contribution in [3.8, 4) is 5.75 Å². The van der Waals surface area contributed by atoms with Gasteiger partial charge in [-0.2, -0.15) is 0 Å². The van der Waals surface area contributed by atoms with Gasteiger partial charge in [-0.15, -0.1) is 0 Å². The van der Waals surface area contributed by atoms with E-state index in [4.69, 9.17) is 9.84 Å². The van der Waals surface area contributed by atoms with Crippen molar-refractivity contribution in [2.45, 2.75) is 20.3 Å². The van der Waals surface area contributed by atoms with Gasteiger partial charge in [0.05, 0.1) is 13.2 Å². The standard InChI is InChI=1S/C14H19F2NO3/c1-10-5-11(2)7-12(6-10)20-9-14(19)17(3-4-18)8-13(15)16/h5-7,13,18H,3-4,8-9H2,1-2H3. The summed E-state index contributed by atoms with van der Waals surface area (Å²) >= 11 is 0. The second-order valence-corrected chi connectivity index (χ2v) is 4.57. The quantitative estimate of drug-likeness (QED) is 0.831. The van der Waals surface area contributed by atoms with Gasteiger partial charge < -0.3 is 14.7 Å². The summed E-state index contributed by atoms with van der Waals surface area (Å²) in [6.07, 6.45) is -2.63. The zero-order valence-corrected chi connectivity index (χ0v) is 11.6. The van der Waals surface area contributed by atoms with Crippen LogP contribution < -0.4 is 4.74 Å². The second-order valence-electron chi connectivity index (χ2n) is 4.57. The van der Waals surface area contributed by atoms with Crippen LogP contribution in [0.3, 0.4) is 0 Å². The van der Waals surface area contributed by atoms with Crippen LogP contribution in [0.25, 0.3) is 0 Å². The van der Waals surface area contributed by atoms with E-state index in [0.29, 0.717) is 5.75 Å². The minimum Gasteiger partial charge on any atom is -0.484 e. The molecule has 0 aliphatic carbocycles. The molecule has 0 saturated carbocycles. The second kappa shape index (κ2) is 7.79. The fourth-order valence-electron chi connectivity index (χ4n) is 1.86. The molecule has 1 aromatic rings. The van der Waals surface area contributed by atoms with Crippen LogP contribution in [0.4, 0.5) is 8.78 Å². The first-order chi connectivity index (χ1) is 9.42. The Kier molecular flexibility index (Phi) is 6.38. The predicted octanol–water partition coefficient (Wildman–Crippen LogP) is 1.77. The number of carbonyl (C=O) groups is 1. The Labute approximate surface area is 117 Å². The number of aliphatic hydroxyl groups excluding tert-OH is 1. The Morgan fingerprint density at radius 2 is 1.90 bits per heavy atom. The molecule has 0 aliphatic heterocycles. The highest BCUT2D eigenvalue weighted by atomic mass is 19.3. The summed E-state index contributed by atoms with van der Waals surface area (Å²) in [5.41, 5.74) is 1.99. The van der Waals surface area contributed by atoms with Crippen molar-refractivity contribution in [2.75, 3.05) is 26.3 Å². The Morgan fingerprint density at radius 1 is 1.30 bits per heavy atom. The molecule has 112 valence electrons. The van der Waals surface area contributed by atoms with Gasteiger partial charge in [0, 0.05) is 6.54 Å². The molecule has 0 saturated heterocycles. The minimum absolute atomic E-state index is 0.126. The molecule has 0 spiro atoms. The molecule has 0 heterocycles. The number of hydrogen-bond donors (Lipinski definition) is 1. The molecule has 0 fully saturated rings. The van der Waals surface area contributed by atoms with E-state index in [-0.39, 0.29) is 19.8 Å². The van der Waals surface area contributed by atoms with Crippen LogP contribution >= 0.6 is 0 Å². The number of aryl methyl sites for hydroxylation is 2. The number of benzene rings is 1. The molecule has 1 N–H and O–H groups in total. The van der Waals surface area contributed by atoms with Crippen LogP contribution in [-0.2, 0) is 4.79 Å². The van der Waals surface area contributed by atoms with Crippen LogP contribution in [0, 0.1) is 13.8 Å². The smallest absolute Gasteiger partial charge is 0.260 e. The summed E-state index contributed by atoms with van der Waals surface area (Å²) in [6.45, 7) is 2.29. The molecule has 0 aromatic heterocycles. The number of ether oxygens (including phenoxy) is 1. The summed E-state index contributed by atoms with van der Waals surface area (Å²) in [4.78, 5) is 12.7. The Hall–Kier alpha value is -1.69. The van der Waals surface area contributed by atoms with Crippen molar-refractivity contribution >= 4 is 5.91 Å². The summed E-state index contributed by atoms with van der Waals surface area (Å²) in [5.74, 6) is -0.0460. The molecular formula is C14H19F2NO3. The van der Waals surface area contributed by atoms with E-state index >= 15 is 0 Å². The van der Waals surface area contributed by atoms with E-state index < -0.39 is 18.9 Å². The van der Waals surface area contributed by atoms with Gasteiger partial charge in [0.2, 0.25) is 0 Å². The fourth-order valence-corrected chi connectivity index (χ4v) is 1.86. The maximum atomic E-state index is 12.3. The van der Waals surface area contributed by atoms with Gasteiger partial charge in [-0.1, -0.05) is 6.07 Å². The van der Waals surface area contributed by atoms with Crippen molar-refractivity contribution in [3.05, 3.63) is 29.3 Å². The Balaban J connectivity index is 2.59. The lowest BCUT2D eigenvalue weighted by Gasteiger charge is -2.21. The van der Waals surface area contributed by atoms with E-state index in [1.807, 2.05) is 19.9 Å². The third-order valence-corrected chi connectivity index (χ3v) is 2.64. The van der Waals surface area contributed by atoms with E-state index in [1.165, 1.54) is 0 Å². The largest absolute Gasteiger partial charge is 0.484 e. The van der Waals surface area contributed by atoms with Crippen LogP contribution in [0.15, 0.2) is 18.2 Å². The summed E-state index contributed by atoms with van der Waals surface area (Å²) in [5, 5.41) is 8.78. The van der Waals surface area contributed by atoms with Gasteiger partial charge in [0.15, 0.2) is 6.61 Å². The summed E-state index contributed by atoms with van der Waals surface area (Å²) < 4.78 is 30.0. The number of rotatable bonds is 7. The van der Waals surface area contributed by atoms with Crippen LogP contribution in [0.2, 0.25) is 0 Å². The van der Waals surface area contributed by atoms with Gasteiger partial charge in [0.1, 0.15) is 5.75 Å². The van der Waals surface area contributed by atoms with Gasteiger partial charge in [-0.3, -0.25) is 4.79 Å². The van der Waals surface area contributed by atoms with Crippen LogP contribution in [0.5, 0.6) is 5.75 Å². The van der Waals surface area contributed by atoms with Crippen molar-refractivity contribution in [3.63, 3.8) is 0 Å². The maximum absolute atomic E-state index is 12.3. The molecule has 20 heavy (non-hydrogen) atoms. The Morgan fingerprint density at radius 3 is 2.40 bits per heavy atom. The van der Waals surface area contributed by atoms with Gasteiger partial charge >= 0.3 is 0 Å². The summed E-state index contributed by atoms with van der Waals surface area (Å²) in [7, 11) is 0. The number of nitrogens with zero attached hydrogens (tertiary/aromatic N) is 1. The number of carbonyl (C=O) groups excluding carboxylic acids is 1. The first-order valence-electron chi connectivity index (χ1n) is 6.30. The topological polar surface area (TPSA) is 49.8 Å². The molecular weight excluding hydrogens is 268 g/mol. The molecule has 1 rings (SSSR count).